The van der Waals surface area contributed by atoms with Gasteiger partial charge in [0.2, 0.25) is 5.89 Å². The molecule has 0 N–H and O–H groups in total. The number of hydrogen-bond donors (Lipinski definition) is 0. The van der Waals surface area contributed by atoms with E-state index in [1.165, 1.54) is 44.2 Å². The van der Waals surface area contributed by atoms with Gasteiger partial charge >= 0.3 is 0 Å². The molecule has 0 saturated carbocycles. The Labute approximate surface area is 347 Å². The lowest BCUT2D eigenvalue weighted by Crippen LogP contribution is -2.16. The molecular formula is C56H38N2O2. The molecule has 11 aromatic rings. The van der Waals surface area contributed by atoms with E-state index >= 15 is 0 Å². The SMILES string of the molecule is CC1(C)c2ccccc2-c2ccc(N(c3ccc(-c4ccc5c(c4)oc4cc6nc(-c7ccccc7)oc6cc45)cc3)c3ccccc3-c3ccc4ccccc4c3)cc21. The number of rotatable bonds is 6. The van der Waals surface area contributed by atoms with Gasteiger partial charge in [0.05, 0.1) is 5.69 Å². The summed E-state index contributed by atoms with van der Waals surface area (Å²) >= 11 is 0. The summed E-state index contributed by atoms with van der Waals surface area (Å²) in [6.07, 6.45) is 0. The molecule has 2 heterocycles. The van der Waals surface area contributed by atoms with Gasteiger partial charge in [-0.05, 0) is 116 Å². The van der Waals surface area contributed by atoms with E-state index in [0.717, 1.165) is 66.8 Å². The first kappa shape index (κ1) is 34.4. The van der Waals surface area contributed by atoms with Gasteiger partial charge in [0.1, 0.15) is 16.7 Å². The molecule has 284 valence electrons. The fourth-order valence-corrected chi connectivity index (χ4v) is 9.41. The molecule has 0 saturated heterocycles. The van der Waals surface area contributed by atoms with Crippen LogP contribution in [0.4, 0.5) is 17.1 Å². The summed E-state index contributed by atoms with van der Waals surface area (Å²) in [6, 6.07) is 69.4. The Hall–Kier alpha value is -7.69. The zero-order chi connectivity index (χ0) is 40.0. The third-order valence-electron chi connectivity index (χ3n) is 12.5. The standard InChI is InChI=1S/C56H38N2O2/c1-56(2)48-18-10-8-17-44(48)45-29-27-42(32-49(45)56)58(51-19-11-9-16-43(51)40-21-20-35-12-6-7-15-38(35)30-40)41-25-22-36(23-26-41)39-24-28-46-47-33-54-50(34-53(47)59-52(46)31-39)57-55(60-54)37-13-4-3-5-14-37/h3-34H,1-2H3. The average Bonchev–Trinajstić information content (AvgIpc) is 3.95. The number of furan rings is 1. The van der Waals surface area contributed by atoms with Crippen molar-refractivity contribution >= 4 is 60.9 Å². The molecule has 0 atom stereocenters. The molecule has 0 bridgehead atoms. The highest BCUT2D eigenvalue weighted by Gasteiger charge is 2.36. The van der Waals surface area contributed by atoms with Crippen LogP contribution in [0.25, 0.3) is 88.6 Å². The number of anilines is 3. The average molecular weight is 771 g/mol. The highest BCUT2D eigenvalue weighted by atomic mass is 16.4. The molecule has 1 aliphatic rings. The van der Waals surface area contributed by atoms with Crippen molar-refractivity contribution in [1.29, 1.82) is 0 Å². The summed E-state index contributed by atoms with van der Waals surface area (Å²) in [7, 11) is 0. The Balaban J connectivity index is 0.952. The fourth-order valence-electron chi connectivity index (χ4n) is 9.41. The first-order chi connectivity index (χ1) is 29.5. The second kappa shape index (κ2) is 13.2. The molecule has 12 rings (SSSR count). The highest BCUT2D eigenvalue weighted by Crippen LogP contribution is 2.51. The minimum absolute atomic E-state index is 0.129. The molecule has 0 radical (unpaired) electrons. The Kier molecular flexibility index (Phi) is 7.54. The number of fused-ring (bicyclic) bond motifs is 8. The van der Waals surface area contributed by atoms with Crippen LogP contribution in [-0.2, 0) is 5.41 Å². The number of para-hydroxylation sites is 1. The number of aromatic nitrogens is 1. The van der Waals surface area contributed by atoms with Gasteiger partial charge in [-0.25, -0.2) is 4.98 Å². The topological polar surface area (TPSA) is 42.4 Å². The normalized spacial score (nSPS) is 13.0. The first-order valence-corrected chi connectivity index (χ1v) is 20.5. The van der Waals surface area contributed by atoms with Crippen molar-refractivity contribution in [3.63, 3.8) is 0 Å². The van der Waals surface area contributed by atoms with Gasteiger partial charge in [0, 0.05) is 44.8 Å². The van der Waals surface area contributed by atoms with Crippen LogP contribution in [-0.4, -0.2) is 4.98 Å². The molecule has 9 aromatic carbocycles. The molecule has 0 amide bonds. The largest absolute Gasteiger partial charge is 0.456 e. The number of oxazole rings is 1. The minimum atomic E-state index is -0.129. The van der Waals surface area contributed by atoms with Gasteiger partial charge in [-0.1, -0.05) is 135 Å². The zero-order valence-corrected chi connectivity index (χ0v) is 33.2. The summed E-state index contributed by atoms with van der Waals surface area (Å²) < 4.78 is 12.7. The van der Waals surface area contributed by atoms with Crippen molar-refractivity contribution in [3.05, 3.63) is 205 Å². The van der Waals surface area contributed by atoms with Crippen LogP contribution in [0.1, 0.15) is 25.0 Å². The Morgan fingerprint density at radius 2 is 1.10 bits per heavy atom. The maximum absolute atomic E-state index is 6.48. The molecule has 0 unspecified atom stereocenters. The Morgan fingerprint density at radius 1 is 0.417 bits per heavy atom. The predicted octanol–water partition coefficient (Wildman–Crippen LogP) is 15.7. The summed E-state index contributed by atoms with van der Waals surface area (Å²) in [4.78, 5) is 7.19. The van der Waals surface area contributed by atoms with Crippen LogP contribution in [0.3, 0.4) is 0 Å². The van der Waals surface area contributed by atoms with Crippen molar-refractivity contribution in [2.75, 3.05) is 4.90 Å². The monoisotopic (exact) mass is 770 g/mol. The number of nitrogens with zero attached hydrogens (tertiary/aromatic N) is 2. The summed E-state index contributed by atoms with van der Waals surface area (Å²) in [5.74, 6) is 0.606. The van der Waals surface area contributed by atoms with Crippen molar-refractivity contribution < 1.29 is 8.83 Å². The van der Waals surface area contributed by atoms with E-state index in [4.69, 9.17) is 13.8 Å². The summed E-state index contributed by atoms with van der Waals surface area (Å²) in [6.45, 7) is 4.69. The second-order valence-electron chi connectivity index (χ2n) is 16.4. The molecule has 4 nitrogen and oxygen atoms in total. The molecule has 60 heavy (non-hydrogen) atoms. The first-order valence-electron chi connectivity index (χ1n) is 20.5. The molecule has 1 aliphatic carbocycles. The molecule has 2 aromatic heterocycles. The number of benzene rings is 9. The van der Waals surface area contributed by atoms with Gasteiger partial charge in [0.15, 0.2) is 5.58 Å². The molecule has 0 fully saturated rings. The molecular weight excluding hydrogens is 733 g/mol. The van der Waals surface area contributed by atoms with Crippen LogP contribution in [0.15, 0.2) is 203 Å². The minimum Gasteiger partial charge on any atom is -0.456 e. The smallest absolute Gasteiger partial charge is 0.227 e. The number of hydrogen-bond acceptors (Lipinski definition) is 4. The van der Waals surface area contributed by atoms with Crippen molar-refractivity contribution in [2.24, 2.45) is 0 Å². The highest BCUT2D eigenvalue weighted by molar-refractivity contribution is 6.09. The maximum atomic E-state index is 6.48. The Bertz CT molecular complexity index is 3460. The van der Waals surface area contributed by atoms with Gasteiger partial charge in [-0.3, -0.25) is 0 Å². The van der Waals surface area contributed by atoms with Crippen molar-refractivity contribution in [2.45, 2.75) is 19.3 Å². The van der Waals surface area contributed by atoms with Crippen LogP contribution in [0.2, 0.25) is 0 Å². The maximum Gasteiger partial charge on any atom is 0.227 e. The fraction of sp³-hybridized carbons (Fsp3) is 0.0536. The van der Waals surface area contributed by atoms with Gasteiger partial charge in [-0.2, -0.15) is 0 Å². The van der Waals surface area contributed by atoms with E-state index in [0.29, 0.717) is 5.89 Å². The lowest BCUT2D eigenvalue weighted by atomic mass is 9.82. The lowest BCUT2D eigenvalue weighted by Gasteiger charge is -2.30. The van der Waals surface area contributed by atoms with Crippen LogP contribution in [0, 0.1) is 0 Å². The molecule has 0 aliphatic heterocycles. The Morgan fingerprint density at radius 3 is 1.97 bits per heavy atom. The van der Waals surface area contributed by atoms with Crippen LogP contribution < -0.4 is 4.90 Å². The van der Waals surface area contributed by atoms with E-state index in [-0.39, 0.29) is 5.41 Å². The van der Waals surface area contributed by atoms with Crippen molar-refractivity contribution in [1.82, 2.24) is 4.98 Å². The predicted molar refractivity (Wildman–Crippen MR) is 247 cm³/mol. The zero-order valence-electron chi connectivity index (χ0n) is 33.2. The van der Waals surface area contributed by atoms with Crippen molar-refractivity contribution in [3.8, 4) is 44.8 Å². The second-order valence-corrected chi connectivity index (χ2v) is 16.4. The summed E-state index contributed by atoms with van der Waals surface area (Å²) in [5.41, 5.74) is 17.2. The lowest BCUT2D eigenvalue weighted by molar-refractivity contribution is 0.620. The van der Waals surface area contributed by atoms with E-state index in [1.54, 1.807) is 0 Å². The van der Waals surface area contributed by atoms with E-state index in [2.05, 4.69) is 170 Å². The molecule has 4 heteroatoms. The third kappa shape index (κ3) is 5.41. The van der Waals surface area contributed by atoms with Crippen LogP contribution >= 0.6 is 0 Å². The summed E-state index contributed by atoms with van der Waals surface area (Å²) in [5, 5.41) is 4.51. The van der Waals surface area contributed by atoms with E-state index < -0.39 is 0 Å². The van der Waals surface area contributed by atoms with E-state index in [1.807, 2.05) is 42.5 Å². The van der Waals surface area contributed by atoms with Crippen LogP contribution in [0.5, 0.6) is 0 Å². The van der Waals surface area contributed by atoms with Gasteiger partial charge < -0.3 is 13.7 Å². The third-order valence-corrected chi connectivity index (χ3v) is 12.5. The van der Waals surface area contributed by atoms with E-state index in [9.17, 15) is 0 Å². The molecule has 0 spiro atoms. The van der Waals surface area contributed by atoms with Gasteiger partial charge in [-0.15, -0.1) is 0 Å². The quantitative estimate of drug-likeness (QED) is 0.169. The van der Waals surface area contributed by atoms with Gasteiger partial charge in [0.25, 0.3) is 0 Å².